The maximum Gasteiger partial charge on any atom is 0.251 e. The summed E-state index contributed by atoms with van der Waals surface area (Å²) in [4.78, 5) is 26.2. The molecular weight excluding hydrogens is 405 g/mol. The number of halogens is 1. The fourth-order valence-corrected chi connectivity index (χ4v) is 6.60. The van der Waals surface area contributed by atoms with Crippen molar-refractivity contribution >= 4 is 11.7 Å². The lowest BCUT2D eigenvalue weighted by Gasteiger charge is -2.58. The van der Waals surface area contributed by atoms with Crippen LogP contribution in [0.3, 0.4) is 0 Å². The van der Waals surface area contributed by atoms with Gasteiger partial charge in [-0.05, 0) is 97.7 Å². The smallest absolute Gasteiger partial charge is 0.251 e. The molecule has 4 fully saturated rings. The largest absolute Gasteiger partial charge is 0.390 e. The average molecular weight is 436 g/mol. The maximum atomic E-state index is 13.3. The van der Waals surface area contributed by atoms with E-state index in [0.29, 0.717) is 34.4 Å². The number of ketones is 1. The molecule has 32 heavy (non-hydrogen) atoms. The van der Waals surface area contributed by atoms with Crippen LogP contribution in [0.2, 0.25) is 0 Å². The number of rotatable bonds is 5. The molecule has 6 rings (SSSR count). The Hall–Kier alpha value is -2.53. The van der Waals surface area contributed by atoms with Crippen LogP contribution >= 0.6 is 0 Å². The third kappa shape index (κ3) is 3.77. The van der Waals surface area contributed by atoms with Crippen LogP contribution in [0.25, 0.3) is 0 Å². The van der Waals surface area contributed by atoms with E-state index >= 15 is 0 Å². The van der Waals surface area contributed by atoms with Gasteiger partial charge >= 0.3 is 0 Å². The molecule has 2 N–H and O–H groups in total. The lowest BCUT2D eigenvalue weighted by molar-refractivity contribution is -0.136. The topological polar surface area (TPSA) is 66.4 Å². The average Bonchev–Trinajstić information content (AvgIpc) is 2.74. The number of carbonyl (C=O) groups is 2. The summed E-state index contributed by atoms with van der Waals surface area (Å²) in [6.45, 7) is 4.02. The molecule has 168 valence electrons. The summed E-state index contributed by atoms with van der Waals surface area (Å²) in [5.41, 5.74) is 1.82. The number of nitrogens with one attached hydrogen (secondary N) is 1. The first kappa shape index (κ1) is 21.3. The van der Waals surface area contributed by atoms with Crippen LogP contribution < -0.4 is 5.32 Å². The number of hydrogen-bond donors (Lipinski definition) is 2. The van der Waals surface area contributed by atoms with Gasteiger partial charge in [0.05, 0.1) is 5.60 Å². The van der Waals surface area contributed by atoms with Crippen molar-refractivity contribution in [3.05, 3.63) is 70.5 Å². The minimum atomic E-state index is -0.525. The minimum absolute atomic E-state index is 0.0657. The molecule has 2 atom stereocenters. The van der Waals surface area contributed by atoms with Gasteiger partial charge in [-0.3, -0.25) is 9.59 Å². The van der Waals surface area contributed by atoms with Crippen molar-refractivity contribution in [2.75, 3.05) is 0 Å². The van der Waals surface area contributed by atoms with Crippen molar-refractivity contribution in [1.82, 2.24) is 5.32 Å². The van der Waals surface area contributed by atoms with E-state index in [-0.39, 0.29) is 29.5 Å². The number of amides is 1. The highest BCUT2D eigenvalue weighted by atomic mass is 19.1. The van der Waals surface area contributed by atoms with Crippen molar-refractivity contribution in [2.45, 2.75) is 63.5 Å². The Morgan fingerprint density at radius 1 is 1.00 bits per heavy atom. The summed E-state index contributed by atoms with van der Waals surface area (Å²) < 4.78 is 13.2. The lowest BCUT2D eigenvalue weighted by atomic mass is 9.52. The molecule has 0 heterocycles. The third-order valence-corrected chi connectivity index (χ3v) is 7.83. The molecule has 4 bridgehead atoms. The fraction of sp³-hybridized carbons (Fsp3) is 0.481. The standard InChI is InChI=1S/C27H30FNO3/c1-15(2)23-11-18(25(30)17-3-6-21(28)7-4-17)5-8-22(23)26(31)29-24-19-9-16-10-20(24)14-27(32,12-16)13-19/h3-8,11,15-16,19-20,24,32H,9-10,12-14H2,1-2H3,(H,29,31)/t16?,19?,20?,24-,27-. The van der Waals surface area contributed by atoms with Gasteiger partial charge < -0.3 is 10.4 Å². The molecule has 0 saturated heterocycles. The molecule has 4 aliphatic carbocycles. The van der Waals surface area contributed by atoms with Crippen LogP contribution in [0, 0.1) is 23.6 Å². The predicted octanol–water partition coefficient (Wildman–Crippen LogP) is 4.85. The Kier molecular flexibility index (Phi) is 5.20. The number of benzene rings is 2. The fourth-order valence-electron chi connectivity index (χ4n) is 6.60. The molecule has 2 aromatic carbocycles. The Bertz CT molecular complexity index is 1050. The summed E-state index contributed by atoms with van der Waals surface area (Å²) in [5, 5.41) is 14.1. The molecular formula is C27H30FNO3. The molecule has 1 amide bonds. The number of carbonyl (C=O) groups excluding carboxylic acids is 2. The lowest BCUT2D eigenvalue weighted by Crippen LogP contribution is -2.61. The van der Waals surface area contributed by atoms with Crippen molar-refractivity contribution < 1.29 is 19.1 Å². The molecule has 0 spiro atoms. The molecule has 0 aliphatic heterocycles. The second-order valence-corrected chi connectivity index (χ2v) is 10.5. The van der Waals surface area contributed by atoms with Gasteiger partial charge in [-0.25, -0.2) is 4.39 Å². The van der Waals surface area contributed by atoms with E-state index in [1.54, 1.807) is 18.2 Å². The van der Waals surface area contributed by atoms with E-state index in [9.17, 15) is 19.1 Å². The zero-order valence-electron chi connectivity index (χ0n) is 18.6. The molecule has 0 radical (unpaired) electrons. The van der Waals surface area contributed by atoms with Crippen molar-refractivity contribution in [3.63, 3.8) is 0 Å². The van der Waals surface area contributed by atoms with Gasteiger partial charge in [-0.1, -0.05) is 19.9 Å². The highest BCUT2D eigenvalue weighted by Crippen LogP contribution is 2.55. The van der Waals surface area contributed by atoms with E-state index in [2.05, 4.69) is 5.32 Å². The van der Waals surface area contributed by atoms with Gasteiger partial charge in [0, 0.05) is 22.7 Å². The summed E-state index contributed by atoms with van der Waals surface area (Å²) in [7, 11) is 0. The quantitative estimate of drug-likeness (QED) is 0.660. The second kappa shape index (κ2) is 7.80. The van der Waals surface area contributed by atoms with Crippen LogP contribution in [0.5, 0.6) is 0 Å². The highest BCUT2D eigenvalue weighted by Gasteiger charge is 2.55. The van der Waals surface area contributed by atoms with Crippen molar-refractivity contribution in [3.8, 4) is 0 Å². The van der Waals surface area contributed by atoms with E-state index in [1.165, 1.54) is 24.3 Å². The van der Waals surface area contributed by atoms with Crippen LogP contribution in [0.4, 0.5) is 4.39 Å². The summed E-state index contributed by atoms with van der Waals surface area (Å²) in [5.74, 6) is 0.680. The highest BCUT2D eigenvalue weighted by molar-refractivity contribution is 6.09. The Labute approximate surface area is 188 Å². The van der Waals surface area contributed by atoms with Crippen molar-refractivity contribution in [1.29, 1.82) is 0 Å². The zero-order chi connectivity index (χ0) is 22.6. The first-order valence-electron chi connectivity index (χ1n) is 11.7. The second-order valence-electron chi connectivity index (χ2n) is 10.5. The number of aliphatic hydroxyl groups is 1. The van der Waals surface area contributed by atoms with Crippen LogP contribution in [-0.2, 0) is 0 Å². The molecule has 2 aromatic rings. The molecule has 0 aromatic heterocycles. The molecule has 5 heteroatoms. The SMILES string of the molecule is CC(C)c1cc(C(=O)c2ccc(F)cc2)ccc1C(=O)N[C@H]1C2CC3CC1C[C@](O)(C3)C2. The van der Waals surface area contributed by atoms with Gasteiger partial charge in [0.15, 0.2) is 5.78 Å². The van der Waals surface area contributed by atoms with Crippen LogP contribution in [-0.4, -0.2) is 28.4 Å². The van der Waals surface area contributed by atoms with Crippen LogP contribution in [0.15, 0.2) is 42.5 Å². The van der Waals surface area contributed by atoms with Gasteiger partial charge in [0.25, 0.3) is 5.91 Å². The van der Waals surface area contributed by atoms with Crippen LogP contribution in [0.1, 0.15) is 83.7 Å². The Morgan fingerprint density at radius 2 is 1.62 bits per heavy atom. The first-order valence-corrected chi connectivity index (χ1v) is 11.7. The summed E-state index contributed by atoms with van der Waals surface area (Å²) in [6, 6.07) is 10.9. The minimum Gasteiger partial charge on any atom is -0.390 e. The van der Waals surface area contributed by atoms with Gasteiger partial charge in [0.1, 0.15) is 5.82 Å². The monoisotopic (exact) mass is 435 g/mol. The third-order valence-electron chi connectivity index (χ3n) is 7.83. The Morgan fingerprint density at radius 3 is 2.22 bits per heavy atom. The predicted molar refractivity (Wildman–Crippen MR) is 120 cm³/mol. The van der Waals surface area contributed by atoms with E-state index in [1.807, 2.05) is 13.8 Å². The Balaban J connectivity index is 1.38. The number of hydrogen-bond acceptors (Lipinski definition) is 3. The van der Waals surface area contributed by atoms with E-state index in [4.69, 9.17) is 0 Å². The normalized spacial score (nSPS) is 30.5. The van der Waals surface area contributed by atoms with Gasteiger partial charge in [0.2, 0.25) is 0 Å². The molecule has 4 aliphatic rings. The first-order chi connectivity index (χ1) is 15.2. The molecule has 2 unspecified atom stereocenters. The van der Waals surface area contributed by atoms with Gasteiger partial charge in [-0.2, -0.15) is 0 Å². The molecule has 4 saturated carbocycles. The van der Waals surface area contributed by atoms with Gasteiger partial charge in [-0.15, -0.1) is 0 Å². The summed E-state index contributed by atoms with van der Waals surface area (Å²) in [6.07, 6.45) is 4.67. The zero-order valence-corrected chi connectivity index (χ0v) is 18.6. The van der Waals surface area contributed by atoms with Crippen molar-refractivity contribution in [2.24, 2.45) is 17.8 Å². The molecule has 4 nitrogen and oxygen atoms in total. The van der Waals surface area contributed by atoms with E-state index in [0.717, 1.165) is 37.7 Å². The summed E-state index contributed by atoms with van der Waals surface area (Å²) >= 11 is 0. The maximum absolute atomic E-state index is 13.3. The van der Waals surface area contributed by atoms with E-state index < -0.39 is 5.60 Å².